The molecule has 0 aliphatic heterocycles. The zero-order chi connectivity index (χ0) is 23.1. The van der Waals surface area contributed by atoms with Crippen molar-refractivity contribution < 1.29 is 27.1 Å². The van der Waals surface area contributed by atoms with Crippen LogP contribution >= 0.6 is 0 Å². The van der Waals surface area contributed by atoms with Gasteiger partial charge in [0.05, 0.1) is 19.1 Å². The van der Waals surface area contributed by atoms with Gasteiger partial charge in [-0.05, 0) is 48.4 Å². The van der Waals surface area contributed by atoms with E-state index in [-0.39, 0.29) is 17.1 Å². The molecule has 0 radical (unpaired) electrons. The highest BCUT2D eigenvalue weighted by Gasteiger charge is 2.27. The molecule has 0 saturated carbocycles. The van der Waals surface area contributed by atoms with Gasteiger partial charge in [-0.25, -0.2) is 12.8 Å². The van der Waals surface area contributed by atoms with Gasteiger partial charge in [0.15, 0.2) is 11.5 Å². The molecule has 1 atom stereocenters. The van der Waals surface area contributed by atoms with Gasteiger partial charge < -0.3 is 14.8 Å². The normalized spacial score (nSPS) is 12.1. The number of carbonyl (C=O) groups is 1. The summed E-state index contributed by atoms with van der Waals surface area (Å²) in [5, 5.41) is 2.63. The summed E-state index contributed by atoms with van der Waals surface area (Å²) in [7, 11) is -1.24. The highest BCUT2D eigenvalue weighted by molar-refractivity contribution is 7.89. The average molecular weight is 459 g/mol. The van der Waals surface area contributed by atoms with Crippen molar-refractivity contribution in [3.05, 3.63) is 84.2 Å². The third-order valence-corrected chi connectivity index (χ3v) is 6.14. The van der Waals surface area contributed by atoms with Crippen LogP contribution in [0.5, 0.6) is 11.5 Å². The molecule has 0 aliphatic rings. The van der Waals surface area contributed by atoms with Crippen LogP contribution in [0.2, 0.25) is 0 Å². The Morgan fingerprint density at radius 2 is 1.59 bits per heavy atom. The maximum atomic E-state index is 13.2. The highest BCUT2D eigenvalue weighted by atomic mass is 32.2. The van der Waals surface area contributed by atoms with E-state index < -0.39 is 27.8 Å². The standard InChI is InChI=1S/C23H23FN2O5S/c1-30-21-13-12-19(15-22(21)31-2)32(28,29)26-20(14-16-6-4-3-5-7-16)23(27)25-18-10-8-17(24)9-11-18/h3-13,15,20,26H,14H2,1-2H3,(H,25,27)/t20-/m1/s1. The number of sulfonamides is 1. The molecule has 168 valence electrons. The quantitative estimate of drug-likeness (QED) is 0.513. The van der Waals surface area contributed by atoms with E-state index in [9.17, 15) is 17.6 Å². The Bertz CT molecular complexity index is 1170. The topological polar surface area (TPSA) is 93.7 Å². The average Bonchev–Trinajstić information content (AvgIpc) is 2.80. The van der Waals surface area contributed by atoms with E-state index in [0.717, 1.165) is 5.56 Å². The number of benzene rings is 3. The molecular formula is C23H23FN2O5S. The van der Waals surface area contributed by atoms with Crippen molar-refractivity contribution in [2.24, 2.45) is 0 Å². The van der Waals surface area contributed by atoms with E-state index in [4.69, 9.17) is 9.47 Å². The number of amides is 1. The second kappa shape index (κ2) is 10.3. The fraction of sp³-hybridized carbons (Fsp3) is 0.174. The van der Waals surface area contributed by atoms with Gasteiger partial charge >= 0.3 is 0 Å². The monoisotopic (exact) mass is 458 g/mol. The van der Waals surface area contributed by atoms with Gasteiger partial charge in [-0.15, -0.1) is 0 Å². The molecule has 2 N–H and O–H groups in total. The first-order valence-electron chi connectivity index (χ1n) is 9.67. The maximum absolute atomic E-state index is 13.2. The van der Waals surface area contributed by atoms with Crippen LogP contribution in [0, 0.1) is 5.82 Å². The van der Waals surface area contributed by atoms with Crippen LogP contribution in [-0.2, 0) is 21.2 Å². The summed E-state index contributed by atoms with van der Waals surface area (Å²) >= 11 is 0. The van der Waals surface area contributed by atoms with Crippen molar-refractivity contribution in [1.82, 2.24) is 4.72 Å². The minimum absolute atomic E-state index is 0.0807. The van der Waals surface area contributed by atoms with Gasteiger partial charge in [0.1, 0.15) is 11.9 Å². The first kappa shape index (κ1) is 23.2. The molecule has 9 heteroatoms. The number of rotatable bonds is 9. The van der Waals surface area contributed by atoms with Gasteiger partial charge in [-0.3, -0.25) is 4.79 Å². The Balaban J connectivity index is 1.88. The smallest absolute Gasteiger partial charge is 0.242 e. The maximum Gasteiger partial charge on any atom is 0.242 e. The molecule has 0 spiro atoms. The zero-order valence-electron chi connectivity index (χ0n) is 17.5. The number of carbonyl (C=O) groups excluding carboxylic acids is 1. The van der Waals surface area contributed by atoms with E-state index in [2.05, 4.69) is 10.0 Å². The molecule has 3 aromatic rings. The molecular weight excluding hydrogens is 435 g/mol. The van der Waals surface area contributed by atoms with Crippen molar-refractivity contribution in [3.8, 4) is 11.5 Å². The highest BCUT2D eigenvalue weighted by Crippen LogP contribution is 2.29. The van der Waals surface area contributed by atoms with Crippen molar-refractivity contribution in [1.29, 1.82) is 0 Å². The number of nitrogens with one attached hydrogen (secondary N) is 2. The predicted octanol–water partition coefficient (Wildman–Crippen LogP) is 3.37. The Morgan fingerprint density at radius 3 is 2.22 bits per heavy atom. The molecule has 7 nitrogen and oxygen atoms in total. The Kier molecular flexibility index (Phi) is 7.45. The predicted molar refractivity (Wildman–Crippen MR) is 119 cm³/mol. The van der Waals surface area contributed by atoms with Crippen molar-refractivity contribution in [2.75, 3.05) is 19.5 Å². The van der Waals surface area contributed by atoms with Crippen molar-refractivity contribution in [3.63, 3.8) is 0 Å². The van der Waals surface area contributed by atoms with Gasteiger partial charge in [-0.1, -0.05) is 30.3 Å². The second-order valence-electron chi connectivity index (χ2n) is 6.88. The van der Waals surface area contributed by atoms with E-state index in [1.54, 1.807) is 24.3 Å². The van der Waals surface area contributed by atoms with Gasteiger partial charge in [0.2, 0.25) is 15.9 Å². The lowest BCUT2D eigenvalue weighted by Crippen LogP contribution is -2.45. The Hall–Kier alpha value is -3.43. The first-order chi connectivity index (χ1) is 15.3. The number of halogens is 1. The molecule has 1 amide bonds. The Morgan fingerprint density at radius 1 is 0.938 bits per heavy atom. The van der Waals surface area contributed by atoms with Crippen LogP contribution in [0.25, 0.3) is 0 Å². The fourth-order valence-electron chi connectivity index (χ4n) is 3.04. The minimum Gasteiger partial charge on any atom is -0.493 e. The van der Waals surface area contributed by atoms with Crippen LogP contribution in [0.4, 0.5) is 10.1 Å². The lowest BCUT2D eigenvalue weighted by atomic mass is 10.1. The van der Waals surface area contributed by atoms with E-state index in [1.807, 2.05) is 6.07 Å². The van der Waals surface area contributed by atoms with Crippen LogP contribution in [0.3, 0.4) is 0 Å². The third-order valence-electron chi connectivity index (χ3n) is 4.67. The molecule has 0 unspecified atom stereocenters. The lowest BCUT2D eigenvalue weighted by molar-refractivity contribution is -0.117. The molecule has 32 heavy (non-hydrogen) atoms. The molecule has 0 saturated heterocycles. The molecule has 0 aromatic heterocycles. The molecule has 0 aliphatic carbocycles. The fourth-order valence-corrected chi connectivity index (χ4v) is 4.25. The summed E-state index contributed by atoms with van der Waals surface area (Å²) in [6.07, 6.45) is 0.111. The van der Waals surface area contributed by atoms with Crippen LogP contribution in [-0.4, -0.2) is 34.6 Å². The summed E-state index contributed by atoms with van der Waals surface area (Å²) in [5.74, 6) is -0.408. The van der Waals surface area contributed by atoms with E-state index >= 15 is 0 Å². The summed E-state index contributed by atoms with van der Waals surface area (Å²) in [6.45, 7) is 0. The summed E-state index contributed by atoms with van der Waals surface area (Å²) in [4.78, 5) is 12.9. The lowest BCUT2D eigenvalue weighted by Gasteiger charge is -2.19. The van der Waals surface area contributed by atoms with Gasteiger partial charge in [0, 0.05) is 11.8 Å². The summed E-state index contributed by atoms with van der Waals surface area (Å²) in [6, 6.07) is 17.2. The third kappa shape index (κ3) is 5.83. The summed E-state index contributed by atoms with van der Waals surface area (Å²) < 4.78 is 52.1. The Labute approximate surface area is 186 Å². The van der Waals surface area contributed by atoms with Crippen molar-refractivity contribution >= 4 is 21.6 Å². The van der Waals surface area contributed by atoms with Crippen LogP contribution in [0.1, 0.15) is 5.56 Å². The molecule has 0 heterocycles. The minimum atomic E-state index is -4.09. The van der Waals surface area contributed by atoms with E-state index in [0.29, 0.717) is 11.4 Å². The van der Waals surface area contributed by atoms with Crippen molar-refractivity contribution in [2.45, 2.75) is 17.4 Å². The first-order valence-corrected chi connectivity index (χ1v) is 11.2. The number of hydrogen-bond donors (Lipinski definition) is 2. The van der Waals surface area contributed by atoms with E-state index in [1.165, 1.54) is 56.7 Å². The molecule has 3 aromatic carbocycles. The second-order valence-corrected chi connectivity index (χ2v) is 8.59. The largest absolute Gasteiger partial charge is 0.493 e. The zero-order valence-corrected chi connectivity index (χ0v) is 18.4. The van der Waals surface area contributed by atoms with Crippen LogP contribution < -0.4 is 19.5 Å². The molecule has 3 rings (SSSR count). The van der Waals surface area contributed by atoms with Gasteiger partial charge in [-0.2, -0.15) is 4.72 Å². The number of ether oxygens (including phenoxy) is 2. The van der Waals surface area contributed by atoms with Crippen LogP contribution in [0.15, 0.2) is 77.7 Å². The SMILES string of the molecule is COc1ccc(S(=O)(=O)N[C@H](Cc2ccccc2)C(=O)Nc2ccc(F)cc2)cc1OC. The number of methoxy groups -OCH3 is 2. The van der Waals surface area contributed by atoms with Gasteiger partial charge in [0.25, 0.3) is 0 Å². The molecule has 0 bridgehead atoms. The number of anilines is 1. The number of hydrogen-bond acceptors (Lipinski definition) is 5. The summed E-state index contributed by atoms with van der Waals surface area (Å²) in [5.41, 5.74) is 1.11. The molecule has 0 fully saturated rings.